The van der Waals surface area contributed by atoms with Crippen LogP contribution in [-0.4, -0.2) is 28.9 Å². The number of fused-ring (bicyclic) bond motifs is 8. The molecule has 3 aromatic heterocycles. The summed E-state index contributed by atoms with van der Waals surface area (Å²) < 4.78 is 4.65. The van der Waals surface area contributed by atoms with Crippen molar-refractivity contribution < 1.29 is 0 Å². The lowest BCUT2D eigenvalue weighted by Gasteiger charge is -2.21. The van der Waals surface area contributed by atoms with E-state index in [1.807, 2.05) is 60.7 Å². The van der Waals surface area contributed by atoms with Crippen LogP contribution in [0.1, 0.15) is 25.0 Å². The maximum absolute atomic E-state index is 5.24. The SMILES string of the molecule is CC1(C)c2ccccc2-c2cc3c(cc21)n(-c1cccc(-c2cccc(-c4nc(-c5ccccc5)nc(-c5ccccc5)n4)c2)c1)c1nc2ccccc2n31. The molecule has 0 saturated heterocycles. The van der Waals surface area contributed by atoms with Crippen LogP contribution in [0.3, 0.4) is 0 Å². The van der Waals surface area contributed by atoms with Crippen molar-refractivity contribution in [2.75, 3.05) is 0 Å². The summed E-state index contributed by atoms with van der Waals surface area (Å²) in [6, 6.07) is 59.5. The van der Waals surface area contributed by atoms with Crippen LogP contribution < -0.4 is 0 Å². The smallest absolute Gasteiger partial charge is 0.220 e. The number of hydrogen-bond donors (Lipinski definition) is 0. The Morgan fingerprint density at radius 3 is 1.73 bits per heavy atom. The average molecular weight is 707 g/mol. The molecule has 1 aliphatic carbocycles. The van der Waals surface area contributed by atoms with Gasteiger partial charge in [-0.2, -0.15) is 0 Å². The molecule has 10 aromatic rings. The first-order valence-electron chi connectivity index (χ1n) is 18.7. The van der Waals surface area contributed by atoms with Gasteiger partial charge >= 0.3 is 0 Å². The van der Waals surface area contributed by atoms with E-state index in [0.717, 1.165) is 61.3 Å². The first kappa shape index (κ1) is 31.4. The van der Waals surface area contributed by atoms with Crippen molar-refractivity contribution in [1.82, 2.24) is 28.9 Å². The highest BCUT2D eigenvalue weighted by molar-refractivity contribution is 5.97. The van der Waals surface area contributed by atoms with Crippen molar-refractivity contribution in [1.29, 1.82) is 0 Å². The summed E-state index contributed by atoms with van der Waals surface area (Å²) in [5, 5.41) is 0. The summed E-state index contributed by atoms with van der Waals surface area (Å²) >= 11 is 0. The van der Waals surface area contributed by atoms with E-state index < -0.39 is 0 Å². The van der Waals surface area contributed by atoms with Crippen LogP contribution in [0.25, 0.3) is 89.9 Å². The van der Waals surface area contributed by atoms with E-state index in [9.17, 15) is 0 Å². The molecule has 55 heavy (non-hydrogen) atoms. The fourth-order valence-electron chi connectivity index (χ4n) is 8.45. The lowest BCUT2D eigenvalue weighted by molar-refractivity contribution is 0.661. The van der Waals surface area contributed by atoms with Gasteiger partial charge in [0.15, 0.2) is 17.5 Å². The van der Waals surface area contributed by atoms with Crippen molar-refractivity contribution in [3.63, 3.8) is 0 Å². The fraction of sp³-hybridized carbons (Fsp3) is 0.0612. The van der Waals surface area contributed by atoms with Gasteiger partial charge in [-0.25, -0.2) is 19.9 Å². The Morgan fingerprint density at radius 2 is 0.982 bits per heavy atom. The molecule has 11 rings (SSSR count). The van der Waals surface area contributed by atoms with E-state index in [-0.39, 0.29) is 5.41 Å². The number of aromatic nitrogens is 6. The van der Waals surface area contributed by atoms with Gasteiger partial charge in [0.2, 0.25) is 5.78 Å². The van der Waals surface area contributed by atoms with Gasteiger partial charge in [0.1, 0.15) is 0 Å². The zero-order chi connectivity index (χ0) is 36.7. The molecular weight excluding hydrogens is 673 g/mol. The summed E-state index contributed by atoms with van der Waals surface area (Å²) in [4.78, 5) is 20.1. The summed E-state index contributed by atoms with van der Waals surface area (Å²) in [5.41, 5.74) is 15.5. The molecule has 0 unspecified atom stereocenters. The van der Waals surface area contributed by atoms with Gasteiger partial charge in [0, 0.05) is 27.8 Å². The molecule has 1 aliphatic rings. The van der Waals surface area contributed by atoms with Gasteiger partial charge in [-0.15, -0.1) is 0 Å². The topological polar surface area (TPSA) is 60.9 Å². The minimum absolute atomic E-state index is 0.128. The zero-order valence-corrected chi connectivity index (χ0v) is 30.3. The molecular formula is C49H34N6. The van der Waals surface area contributed by atoms with Crippen molar-refractivity contribution in [2.45, 2.75) is 19.3 Å². The molecule has 6 heteroatoms. The normalized spacial score (nSPS) is 13.1. The highest BCUT2D eigenvalue weighted by Crippen LogP contribution is 2.50. The van der Waals surface area contributed by atoms with E-state index in [2.05, 4.69) is 132 Å². The highest BCUT2D eigenvalue weighted by atomic mass is 15.2. The van der Waals surface area contributed by atoms with E-state index >= 15 is 0 Å². The molecule has 260 valence electrons. The largest absolute Gasteiger partial charge is 0.278 e. The molecule has 0 spiro atoms. The van der Waals surface area contributed by atoms with Crippen molar-refractivity contribution in [3.8, 4) is 62.1 Å². The third-order valence-electron chi connectivity index (χ3n) is 11.2. The number of hydrogen-bond acceptors (Lipinski definition) is 4. The van der Waals surface area contributed by atoms with Crippen molar-refractivity contribution in [2.24, 2.45) is 0 Å². The van der Waals surface area contributed by atoms with Crippen molar-refractivity contribution >= 4 is 27.8 Å². The second-order valence-corrected chi connectivity index (χ2v) is 14.8. The van der Waals surface area contributed by atoms with Gasteiger partial charge in [0.25, 0.3) is 0 Å². The number of imidazole rings is 2. The first-order valence-corrected chi connectivity index (χ1v) is 18.7. The summed E-state index contributed by atoms with van der Waals surface area (Å²) in [7, 11) is 0. The third kappa shape index (κ3) is 4.88. The maximum Gasteiger partial charge on any atom is 0.220 e. The minimum Gasteiger partial charge on any atom is -0.278 e. The van der Waals surface area contributed by atoms with Crippen LogP contribution >= 0.6 is 0 Å². The second kappa shape index (κ2) is 11.9. The standard InChI is InChI=1S/C49H34N6/c1-49(2)39-24-10-9-23-37(39)38-29-43-44(30-40(38)49)54(48-50-41-25-11-12-26-42(41)55(43)48)36-22-14-20-34(28-36)33-19-13-21-35(27-33)47-52-45(31-15-5-3-6-16-31)51-46(53-47)32-17-7-4-8-18-32/h3-30H,1-2H3. The maximum atomic E-state index is 5.24. The number of nitrogens with zero attached hydrogens (tertiary/aromatic N) is 6. The molecule has 0 N–H and O–H groups in total. The average Bonchev–Trinajstić information content (AvgIpc) is 3.85. The number of rotatable bonds is 5. The summed E-state index contributed by atoms with van der Waals surface area (Å²) in [6.07, 6.45) is 0. The highest BCUT2D eigenvalue weighted by Gasteiger charge is 2.36. The molecule has 0 bridgehead atoms. The molecule has 0 fully saturated rings. The van der Waals surface area contributed by atoms with E-state index in [1.54, 1.807) is 0 Å². The monoisotopic (exact) mass is 706 g/mol. The lowest BCUT2D eigenvalue weighted by atomic mass is 9.82. The fourth-order valence-corrected chi connectivity index (χ4v) is 8.45. The van der Waals surface area contributed by atoms with Gasteiger partial charge in [0.05, 0.1) is 22.1 Å². The first-order chi connectivity index (χ1) is 27.0. The Balaban J connectivity index is 1.08. The number of benzene rings is 7. The Bertz CT molecular complexity index is 3060. The molecule has 6 nitrogen and oxygen atoms in total. The molecule has 7 aromatic carbocycles. The second-order valence-electron chi connectivity index (χ2n) is 14.8. The van der Waals surface area contributed by atoms with Gasteiger partial charge in [-0.05, 0) is 75.8 Å². The van der Waals surface area contributed by atoms with Crippen molar-refractivity contribution in [3.05, 3.63) is 181 Å². The molecule has 0 radical (unpaired) electrons. The van der Waals surface area contributed by atoms with Crippen LogP contribution in [0.4, 0.5) is 0 Å². The lowest BCUT2D eigenvalue weighted by Crippen LogP contribution is -2.15. The Kier molecular flexibility index (Phi) is 6.79. The Morgan fingerprint density at radius 1 is 0.400 bits per heavy atom. The van der Waals surface area contributed by atoms with E-state index in [0.29, 0.717) is 17.5 Å². The molecule has 0 amide bonds. The van der Waals surface area contributed by atoms with Crippen LogP contribution in [0, 0.1) is 0 Å². The quantitative estimate of drug-likeness (QED) is 0.179. The summed E-state index contributed by atoms with van der Waals surface area (Å²) in [6.45, 7) is 4.67. The summed E-state index contributed by atoms with van der Waals surface area (Å²) in [5.74, 6) is 2.81. The van der Waals surface area contributed by atoms with Gasteiger partial charge in [-0.1, -0.05) is 141 Å². The third-order valence-corrected chi connectivity index (χ3v) is 11.2. The van der Waals surface area contributed by atoms with E-state index in [1.165, 1.54) is 22.3 Å². The predicted octanol–water partition coefficient (Wildman–Crippen LogP) is 11.6. The molecule has 0 aliphatic heterocycles. The zero-order valence-electron chi connectivity index (χ0n) is 30.3. The van der Waals surface area contributed by atoms with E-state index in [4.69, 9.17) is 19.9 Å². The molecule has 0 atom stereocenters. The Labute approximate surface area is 318 Å². The van der Waals surface area contributed by atoms with Crippen LogP contribution in [-0.2, 0) is 5.41 Å². The number of para-hydroxylation sites is 2. The Hall–Kier alpha value is -7.18. The molecule has 0 saturated carbocycles. The van der Waals surface area contributed by atoms with Crippen LogP contribution in [0.15, 0.2) is 170 Å². The van der Waals surface area contributed by atoms with Crippen LogP contribution in [0.2, 0.25) is 0 Å². The van der Waals surface area contributed by atoms with Crippen LogP contribution in [0.5, 0.6) is 0 Å². The van der Waals surface area contributed by atoms with Gasteiger partial charge in [-0.3, -0.25) is 8.97 Å². The molecule has 3 heterocycles. The van der Waals surface area contributed by atoms with Gasteiger partial charge < -0.3 is 0 Å². The predicted molar refractivity (Wildman–Crippen MR) is 222 cm³/mol. The minimum atomic E-state index is -0.128.